The Morgan fingerprint density at radius 2 is 1.65 bits per heavy atom. The number of carbonyl (C=O) groups is 2. The number of amides is 2. The van der Waals surface area contributed by atoms with Crippen molar-refractivity contribution in [3.63, 3.8) is 0 Å². The van der Waals surface area contributed by atoms with Crippen LogP contribution < -0.4 is 9.62 Å². The highest BCUT2D eigenvalue weighted by Crippen LogP contribution is 2.23. The first-order chi connectivity index (χ1) is 16.0. The van der Waals surface area contributed by atoms with E-state index in [-0.39, 0.29) is 18.5 Å². The van der Waals surface area contributed by atoms with Crippen LogP contribution in [0.25, 0.3) is 0 Å². The molecule has 0 aliphatic carbocycles. The van der Waals surface area contributed by atoms with Crippen LogP contribution in [0.15, 0.2) is 48.5 Å². The first-order valence-corrected chi connectivity index (χ1v) is 13.2. The summed E-state index contributed by atoms with van der Waals surface area (Å²) in [6.07, 6.45) is 2.10. The van der Waals surface area contributed by atoms with Gasteiger partial charge in [0.1, 0.15) is 18.4 Å². The third kappa shape index (κ3) is 7.28. The van der Waals surface area contributed by atoms with Gasteiger partial charge in [0.05, 0.1) is 11.9 Å². The second kappa shape index (κ2) is 12.0. The lowest BCUT2D eigenvalue weighted by atomic mass is 10.1. The lowest BCUT2D eigenvalue weighted by Gasteiger charge is -2.33. The fraction of sp³-hybridized carbons (Fsp3) is 0.440. The molecule has 34 heavy (non-hydrogen) atoms. The summed E-state index contributed by atoms with van der Waals surface area (Å²) in [6, 6.07) is 11.7. The smallest absolute Gasteiger partial charge is 0.244 e. The molecule has 0 bridgehead atoms. The molecule has 2 amide bonds. The number of benzene rings is 2. The second-order valence-electron chi connectivity index (χ2n) is 8.45. The van der Waals surface area contributed by atoms with Gasteiger partial charge in [-0.25, -0.2) is 12.8 Å². The molecule has 2 aromatic carbocycles. The number of aryl methyl sites for hydroxylation is 1. The van der Waals surface area contributed by atoms with Crippen LogP contribution in [0.3, 0.4) is 0 Å². The van der Waals surface area contributed by atoms with Crippen molar-refractivity contribution in [2.75, 3.05) is 17.1 Å². The fourth-order valence-corrected chi connectivity index (χ4v) is 4.49. The van der Waals surface area contributed by atoms with Gasteiger partial charge in [-0.05, 0) is 56.0 Å². The van der Waals surface area contributed by atoms with Crippen molar-refractivity contribution in [3.8, 4) is 0 Å². The standard InChI is InChI=1S/C25H34FN3O4S/c1-6-19(4)27-25(31)22(7-2)28(16-20-12-14-21(26)15-13-20)24(30)17-29(34(5,32)33)23-11-9-8-10-18(23)3/h8-15,19,22H,6-7,16-17H2,1-5H3,(H,27,31)/t19-,22+/m1/s1. The number of anilines is 1. The normalized spacial score (nSPS) is 13.1. The van der Waals surface area contributed by atoms with Crippen molar-refractivity contribution in [2.24, 2.45) is 0 Å². The average molecular weight is 492 g/mol. The summed E-state index contributed by atoms with van der Waals surface area (Å²) in [6.45, 7) is 6.96. The van der Waals surface area contributed by atoms with Gasteiger partial charge in [-0.15, -0.1) is 0 Å². The molecule has 9 heteroatoms. The zero-order chi connectivity index (χ0) is 25.5. The van der Waals surface area contributed by atoms with Crippen LogP contribution in [0, 0.1) is 12.7 Å². The molecular formula is C25H34FN3O4S. The Kier molecular flexibility index (Phi) is 9.61. The molecule has 0 aliphatic heterocycles. The number of hydrogen-bond acceptors (Lipinski definition) is 4. The van der Waals surface area contributed by atoms with Gasteiger partial charge in [-0.2, -0.15) is 0 Å². The first kappa shape index (κ1) is 27.3. The van der Waals surface area contributed by atoms with Crippen LogP contribution in [0.2, 0.25) is 0 Å². The van der Waals surface area contributed by atoms with Crippen LogP contribution in [0.4, 0.5) is 10.1 Å². The molecule has 1 N–H and O–H groups in total. The molecule has 0 unspecified atom stereocenters. The van der Waals surface area contributed by atoms with Gasteiger partial charge in [-0.3, -0.25) is 13.9 Å². The number of nitrogens with zero attached hydrogens (tertiary/aromatic N) is 2. The Hall–Kier alpha value is -2.94. The summed E-state index contributed by atoms with van der Waals surface area (Å²) < 4.78 is 39.7. The van der Waals surface area contributed by atoms with E-state index in [2.05, 4.69) is 5.32 Å². The summed E-state index contributed by atoms with van der Waals surface area (Å²) in [4.78, 5) is 28.0. The van der Waals surface area contributed by atoms with E-state index in [4.69, 9.17) is 0 Å². The van der Waals surface area contributed by atoms with E-state index in [1.165, 1.54) is 17.0 Å². The Morgan fingerprint density at radius 3 is 2.18 bits per heavy atom. The van der Waals surface area contributed by atoms with Crippen LogP contribution in [-0.2, 0) is 26.2 Å². The zero-order valence-corrected chi connectivity index (χ0v) is 21.2. The molecule has 0 aliphatic rings. The van der Waals surface area contributed by atoms with Crippen molar-refractivity contribution in [3.05, 3.63) is 65.5 Å². The van der Waals surface area contributed by atoms with Gasteiger partial charge in [-0.1, -0.05) is 44.2 Å². The highest BCUT2D eigenvalue weighted by atomic mass is 32.2. The van der Waals surface area contributed by atoms with Gasteiger partial charge in [0.15, 0.2) is 0 Å². The number of rotatable bonds is 11. The third-order valence-electron chi connectivity index (χ3n) is 5.72. The second-order valence-corrected chi connectivity index (χ2v) is 10.4. The van der Waals surface area contributed by atoms with E-state index in [0.717, 1.165) is 17.0 Å². The highest BCUT2D eigenvalue weighted by Gasteiger charge is 2.32. The van der Waals surface area contributed by atoms with Gasteiger partial charge in [0, 0.05) is 12.6 Å². The molecular weight excluding hydrogens is 457 g/mol. The molecule has 0 saturated carbocycles. The number of carbonyl (C=O) groups excluding carboxylic acids is 2. The van der Waals surface area contributed by atoms with E-state index in [1.807, 2.05) is 13.8 Å². The maximum atomic E-state index is 13.6. The average Bonchev–Trinajstić information content (AvgIpc) is 2.78. The minimum absolute atomic E-state index is 0.0386. The lowest BCUT2D eigenvalue weighted by molar-refractivity contribution is -0.140. The number of halogens is 1. The quantitative estimate of drug-likeness (QED) is 0.520. The number of nitrogens with one attached hydrogen (secondary N) is 1. The monoisotopic (exact) mass is 491 g/mol. The predicted molar refractivity (Wildman–Crippen MR) is 132 cm³/mol. The van der Waals surface area contributed by atoms with Gasteiger partial charge >= 0.3 is 0 Å². The summed E-state index contributed by atoms with van der Waals surface area (Å²) in [5, 5.41) is 2.91. The van der Waals surface area contributed by atoms with Gasteiger partial charge in [0.25, 0.3) is 0 Å². The Balaban J connectivity index is 2.44. The van der Waals surface area contributed by atoms with Crippen LogP contribution in [0.1, 0.15) is 44.7 Å². The third-order valence-corrected chi connectivity index (χ3v) is 6.84. The summed E-state index contributed by atoms with van der Waals surface area (Å²) in [7, 11) is -3.79. The number of sulfonamides is 1. The van der Waals surface area contributed by atoms with Crippen molar-refractivity contribution in [2.45, 2.75) is 59.2 Å². The SMILES string of the molecule is CC[C@@H](C)NC(=O)[C@H](CC)N(Cc1ccc(F)cc1)C(=O)CN(c1ccccc1C)S(C)(=O)=O. The van der Waals surface area contributed by atoms with E-state index in [9.17, 15) is 22.4 Å². The van der Waals surface area contributed by atoms with Gasteiger partial charge in [0.2, 0.25) is 21.8 Å². The molecule has 0 heterocycles. The Morgan fingerprint density at radius 1 is 1.03 bits per heavy atom. The van der Waals surface area contributed by atoms with E-state index in [0.29, 0.717) is 23.2 Å². The van der Waals surface area contributed by atoms with Crippen molar-refractivity contribution >= 4 is 27.5 Å². The molecule has 186 valence electrons. The minimum atomic E-state index is -3.79. The maximum absolute atomic E-state index is 13.6. The maximum Gasteiger partial charge on any atom is 0.244 e. The van der Waals surface area contributed by atoms with E-state index < -0.39 is 34.3 Å². The predicted octanol–water partition coefficient (Wildman–Crippen LogP) is 3.62. The highest BCUT2D eigenvalue weighted by molar-refractivity contribution is 7.92. The van der Waals surface area contributed by atoms with Crippen molar-refractivity contribution in [1.82, 2.24) is 10.2 Å². The lowest BCUT2D eigenvalue weighted by Crippen LogP contribution is -2.53. The summed E-state index contributed by atoms with van der Waals surface area (Å²) >= 11 is 0. The van der Waals surface area contributed by atoms with Crippen molar-refractivity contribution in [1.29, 1.82) is 0 Å². The Labute approximate surface area is 202 Å². The molecule has 7 nitrogen and oxygen atoms in total. The molecule has 2 atom stereocenters. The molecule has 0 radical (unpaired) electrons. The molecule has 0 spiro atoms. The van der Waals surface area contributed by atoms with Crippen LogP contribution >= 0.6 is 0 Å². The molecule has 2 rings (SSSR count). The van der Waals surface area contributed by atoms with Gasteiger partial charge < -0.3 is 10.2 Å². The summed E-state index contributed by atoms with van der Waals surface area (Å²) in [5.74, 6) is -1.25. The van der Waals surface area contributed by atoms with Crippen molar-refractivity contribution < 1.29 is 22.4 Å². The molecule has 0 saturated heterocycles. The topological polar surface area (TPSA) is 86.8 Å². The molecule has 2 aromatic rings. The fourth-order valence-electron chi connectivity index (χ4n) is 3.59. The number of hydrogen-bond donors (Lipinski definition) is 1. The largest absolute Gasteiger partial charge is 0.352 e. The number of para-hydroxylation sites is 1. The minimum Gasteiger partial charge on any atom is -0.352 e. The summed E-state index contributed by atoms with van der Waals surface area (Å²) in [5.41, 5.74) is 1.73. The first-order valence-electron chi connectivity index (χ1n) is 11.4. The zero-order valence-electron chi connectivity index (χ0n) is 20.4. The van der Waals surface area contributed by atoms with Crippen LogP contribution in [-0.4, -0.2) is 50.0 Å². The van der Waals surface area contributed by atoms with Crippen LogP contribution in [0.5, 0.6) is 0 Å². The van der Waals surface area contributed by atoms with E-state index in [1.54, 1.807) is 50.2 Å². The Bertz CT molecular complexity index is 1090. The molecule has 0 aromatic heterocycles. The molecule has 0 fully saturated rings. The van der Waals surface area contributed by atoms with E-state index >= 15 is 0 Å².